The molecule has 0 spiro atoms. The van der Waals surface area contributed by atoms with Crippen LogP contribution in [0.15, 0.2) is 18.2 Å². The van der Waals surface area contributed by atoms with Crippen molar-refractivity contribution >= 4 is 33.3 Å². The molecule has 0 aromatic heterocycles. The first-order chi connectivity index (χ1) is 8.67. The molecular weight excluding hydrogens is 294 g/mol. The second-order valence-electron chi connectivity index (χ2n) is 4.40. The van der Waals surface area contributed by atoms with Crippen molar-refractivity contribution in [3.05, 3.63) is 29.3 Å². The summed E-state index contributed by atoms with van der Waals surface area (Å²) in [6.07, 6.45) is 2.42. The van der Waals surface area contributed by atoms with Gasteiger partial charge in [0.15, 0.2) is 5.78 Å². The molecule has 0 fully saturated rings. The number of carbonyl (C=O) groups is 2. The van der Waals surface area contributed by atoms with Gasteiger partial charge in [-0.15, -0.1) is 0 Å². The SMILES string of the molecule is CCC(=O)N1CCCc2cc(C(=O)CBr)ccc21. The minimum Gasteiger partial charge on any atom is -0.312 e. The first kappa shape index (κ1) is 13.3. The van der Waals surface area contributed by atoms with Gasteiger partial charge in [0.2, 0.25) is 5.91 Å². The Morgan fingerprint density at radius 3 is 2.83 bits per heavy atom. The molecule has 0 N–H and O–H groups in total. The van der Waals surface area contributed by atoms with Crippen molar-refractivity contribution in [3.63, 3.8) is 0 Å². The van der Waals surface area contributed by atoms with Crippen molar-refractivity contribution in [2.75, 3.05) is 16.8 Å². The summed E-state index contributed by atoms with van der Waals surface area (Å²) in [6, 6.07) is 5.63. The zero-order valence-corrected chi connectivity index (χ0v) is 12.0. The largest absolute Gasteiger partial charge is 0.312 e. The summed E-state index contributed by atoms with van der Waals surface area (Å²) >= 11 is 3.18. The third-order valence-corrected chi connectivity index (χ3v) is 3.75. The van der Waals surface area contributed by atoms with Crippen molar-refractivity contribution in [3.8, 4) is 0 Å². The highest BCUT2D eigenvalue weighted by molar-refractivity contribution is 9.09. The molecule has 1 aromatic rings. The number of carbonyl (C=O) groups excluding carboxylic acids is 2. The van der Waals surface area contributed by atoms with Crippen molar-refractivity contribution in [2.45, 2.75) is 26.2 Å². The zero-order chi connectivity index (χ0) is 13.1. The van der Waals surface area contributed by atoms with Gasteiger partial charge < -0.3 is 4.90 Å². The molecule has 3 nitrogen and oxygen atoms in total. The van der Waals surface area contributed by atoms with Crippen molar-refractivity contribution < 1.29 is 9.59 Å². The average Bonchev–Trinajstić information content (AvgIpc) is 2.44. The van der Waals surface area contributed by atoms with E-state index in [4.69, 9.17) is 0 Å². The molecule has 0 atom stereocenters. The van der Waals surface area contributed by atoms with Gasteiger partial charge in [-0.3, -0.25) is 9.59 Å². The summed E-state index contributed by atoms with van der Waals surface area (Å²) in [6.45, 7) is 2.66. The Morgan fingerprint density at radius 2 is 2.17 bits per heavy atom. The highest BCUT2D eigenvalue weighted by atomic mass is 79.9. The lowest BCUT2D eigenvalue weighted by Crippen LogP contribution is -2.35. The average molecular weight is 310 g/mol. The van der Waals surface area contributed by atoms with E-state index < -0.39 is 0 Å². The predicted molar refractivity (Wildman–Crippen MR) is 75.5 cm³/mol. The molecule has 1 amide bonds. The lowest BCUT2D eigenvalue weighted by molar-refractivity contribution is -0.118. The number of fused-ring (bicyclic) bond motifs is 1. The second kappa shape index (κ2) is 5.65. The lowest BCUT2D eigenvalue weighted by Gasteiger charge is -2.29. The van der Waals surface area contributed by atoms with Gasteiger partial charge in [0.25, 0.3) is 0 Å². The van der Waals surface area contributed by atoms with Gasteiger partial charge in [0.1, 0.15) is 0 Å². The first-order valence-corrected chi connectivity index (χ1v) is 7.32. The van der Waals surface area contributed by atoms with Crippen LogP contribution >= 0.6 is 15.9 Å². The summed E-state index contributed by atoms with van der Waals surface area (Å²) in [5, 5.41) is 0.337. The molecule has 1 heterocycles. The highest BCUT2D eigenvalue weighted by Gasteiger charge is 2.22. The van der Waals surface area contributed by atoms with E-state index in [2.05, 4.69) is 15.9 Å². The highest BCUT2D eigenvalue weighted by Crippen LogP contribution is 2.28. The van der Waals surface area contributed by atoms with Crippen molar-refractivity contribution in [1.82, 2.24) is 0 Å². The molecule has 0 saturated heterocycles. The molecule has 1 aliphatic rings. The zero-order valence-electron chi connectivity index (χ0n) is 10.4. The molecule has 0 aliphatic carbocycles. The molecule has 1 aromatic carbocycles. The molecule has 0 unspecified atom stereocenters. The van der Waals surface area contributed by atoms with Crippen LogP contribution in [0.25, 0.3) is 0 Å². The van der Waals surface area contributed by atoms with Crippen molar-refractivity contribution in [2.24, 2.45) is 0 Å². The van der Waals surface area contributed by atoms with Crippen LogP contribution in [0, 0.1) is 0 Å². The molecule has 18 heavy (non-hydrogen) atoms. The molecule has 0 radical (unpaired) electrons. The van der Waals surface area contributed by atoms with Crippen LogP contribution in [-0.2, 0) is 11.2 Å². The number of benzene rings is 1. The van der Waals surface area contributed by atoms with Crippen LogP contribution in [0.4, 0.5) is 5.69 Å². The number of halogens is 1. The van der Waals surface area contributed by atoms with Gasteiger partial charge in [0.05, 0.1) is 5.33 Å². The normalized spacial score (nSPS) is 14.2. The van der Waals surface area contributed by atoms with E-state index in [9.17, 15) is 9.59 Å². The Balaban J connectivity index is 2.36. The Kier molecular flexibility index (Phi) is 4.17. The minimum absolute atomic E-state index is 0.0803. The van der Waals surface area contributed by atoms with Crippen LogP contribution in [0.3, 0.4) is 0 Å². The fraction of sp³-hybridized carbons (Fsp3) is 0.429. The number of rotatable bonds is 3. The quantitative estimate of drug-likeness (QED) is 0.636. The number of nitrogens with zero attached hydrogens (tertiary/aromatic N) is 1. The number of anilines is 1. The van der Waals surface area contributed by atoms with Gasteiger partial charge in [-0.1, -0.05) is 22.9 Å². The molecule has 2 rings (SSSR count). The Bertz CT molecular complexity index is 485. The number of hydrogen-bond donors (Lipinski definition) is 0. The van der Waals surface area contributed by atoms with Crippen LogP contribution in [-0.4, -0.2) is 23.6 Å². The van der Waals surface area contributed by atoms with Gasteiger partial charge in [-0.2, -0.15) is 0 Å². The summed E-state index contributed by atoms with van der Waals surface area (Å²) in [7, 11) is 0. The monoisotopic (exact) mass is 309 g/mol. The molecule has 0 saturated carbocycles. The molecule has 1 aliphatic heterocycles. The maximum absolute atomic E-state index is 11.9. The van der Waals surface area contributed by atoms with E-state index >= 15 is 0 Å². The maximum atomic E-state index is 11.9. The van der Waals surface area contributed by atoms with E-state index in [1.807, 2.05) is 30.0 Å². The molecule has 4 heteroatoms. The lowest BCUT2D eigenvalue weighted by atomic mass is 9.98. The van der Waals surface area contributed by atoms with Crippen LogP contribution in [0.2, 0.25) is 0 Å². The summed E-state index contributed by atoms with van der Waals surface area (Å²) in [4.78, 5) is 25.3. The third kappa shape index (κ3) is 2.48. The standard InChI is InChI=1S/C14H16BrNO2/c1-2-14(18)16-7-3-4-10-8-11(13(17)9-15)5-6-12(10)16/h5-6,8H,2-4,7,9H2,1H3. The van der Waals surface area contributed by atoms with Crippen LogP contribution < -0.4 is 4.90 Å². The Morgan fingerprint density at radius 1 is 1.39 bits per heavy atom. The smallest absolute Gasteiger partial charge is 0.226 e. The summed E-state index contributed by atoms with van der Waals surface area (Å²) in [5.41, 5.74) is 2.80. The molecular formula is C14H16BrNO2. The number of amides is 1. The third-order valence-electron chi connectivity index (χ3n) is 3.24. The fourth-order valence-corrected chi connectivity index (χ4v) is 2.62. The van der Waals surface area contributed by atoms with Gasteiger partial charge in [-0.25, -0.2) is 0 Å². The molecule has 96 valence electrons. The second-order valence-corrected chi connectivity index (χ2v) is 4.96. The Hall–Kier alpha value is -1.16. The van der Waals surface area contributed by atoms with Crippen LogP contribution in [0.1, 0.15) is 35.7 Å². The number of aryl methyl sites for hydroxylation is 1. The first-order valence-electron chi connectivity index (χ1n) is 6.19. The summed E-state index contributed by atoms with van der Waals surface area (Å²) < 4.78 is 0. The topological polar surface area (TPSA) is 37.4 Å². The molecule has 0 bridgehead atoms. The van der Waals surface area contributed by atoms with E-state index in [0.717, 1.165) is 36.2 Å². The van der Waals surface area contributed by atoms with Gasteiger partial charge >= 0.3 is 0 Å². The number of ketones is 1. The van der Waals surface area contributed by atoms with E-state index in [-0.39, 0.29) is 11.7 Å². The van der Waals surface area contributed by atoms with Crippen molar-refractivity contribution in [1.29, 1.82) is 0 Å². The van der Waals surface area contributed by atoms with E-state index in [1.54, 1.807) is 0 Å². The van der Waals surface area contributed by atoms with E-state index in [1.165, 1.54) is 0 Å². The predicted octanol–water partition coefficient (Wildman–Crippen LogP) is 2.95. The van der Waals surface area contributed by atoms with Crippen LogP contribution in [0.5, 0.6) is 0 Å². The van der Waals surface area contributed by atoms with Gasteiger partial charge in [-0.05, 0) is 36.6 Å². The fourth-order valence-electron chi connectivity index (χ4n) is 2.30. The van der Waals surface area contributed by atoms with E-state index in [0.29, 0.717) is 11.8 Å². The van der Waals surface area contributed by atoms with Gasteiger partial charge in [0, 0.05) is 24.2 Å². The number of alkyl halides is 1. The number of Topliss-reactive ketones (excluding diaryl/α,β-unsaturated/α-hetero) is 1. The maximum Gasteiger partial charge on any atom is 0.226 e. The Labute approximate surface area is 115 Å². The number of hydrogen-bond acceptors (Lipinski definition) is 2. The summed E-state index contributed by atoms with van der Waals surface area (Å²) in [5.74, 6) is 0.229. The minimum atomic E-state index is 0.0803.